The van der Waals surface area contributed by atoms with E-state index in [1.54, 1.807) is 18.5 Å². The summed E-state index contributed by atoms with van der Waals surface area (Å²) in [6, 6.07) is 5.13. The van der Waals surface area contributed by atoms with Crippen molar-refractivity contribution >= 4 is 11.6 Å². The summed E-state index contributed by atoms with van der Waals surface area (Å²) < 4.78 is 38.0. The highest BCUT2D eigenvalue weighted by Gasteiger charge is 2.35. The Bertz CT molecular complexity index is 586. The van der Waals surface area contributed by atoms with Crippen molar-refractivity contribution < 1.29 is 13.2 Å². The van der Waals surface area contributed by atoms with E-state index in [4.69, 9.17) is 0 Å². The second-order valence-corrected chi connectivity index (χ2v) is 4.25. The maximum Gasteiger partial charge on any atom is 0.451 e. The van der Waals surface area contributed by atoms with Crippen molar-refractivity contribution in [2.75, 3.05) is 24.2 Å². The van der Waals surface area contributed by atoms with Crippen LogP contribution < -0.4 is 10.6 Å². The lowest BCUT2D eigenvalue weighted by molar-refractivity contribution is -0.144. The summed E-state index contributed by atoms with van der Waals surface area (Å²) >= 11 is 0. The van der Waals surface area contributed by atoms with Gasteiger partial charge in [0.25, 0.3) is 0 Å². The van der Waals surface area contributed by atoms with Crippen molar-refractivity contribution in [3.8, 4) is 0 Å². The second kappa shape index (κ2) is 6.38. The van der Waals surface area contributed by atoms with Crippen molar-refractivity contribution in [1.82, 2.24) is 15.0 Å². The fraction of sp³-hybridized carbons (Fsp3) is 0.308. The summed E-state index contributed by atoms with van der Waals surface area (Å²) in [5, 5.41) is 5.45. The number of hydrogen-bond acceptors (Lipinski definition) is 5. The molecule has 0 radical (unpaired) electrons. The minimum atomic E-state index is -4.58. The van der Waals surface area contributed by atoms with E-state index in [1.165, 1.54) is 13.1 Å². The quantitative estimate of drug-likeness (QED) is 0.888. The van der Waals surface area contributed by atoms with E-state index in [-0.39, 0.29) is 11.6 Å². The number of aromatic nitrogens is 3. The van der Waals surface area contributed by atoms with Crippen LogP contribution in [0.4, 0.5) is 24.8 Å². The van der Waals surface area contributed by atoms with Crippen molar-refractivity contribution in [3.63, 3.8) is 0 Å². The summed E-state index contributed by atoms with van der Waals surface area (Å²) in [5.74, 6) is -0.926. The molecule has 2 heterocycles. The molecular formula is C13H14F3N5. The highest BCUT2D eigenvalue weighted by atomic mass is 19.4. The fourth-order valence-electron chi connectivity index (χ4n) is 1.67. The maximum atomic E-state index is 12.7. The SMILES string of the molecule is CNc1cc(NCCc2cccnc2)nc(C(F)(F)F)n1. The molecule has 0 unspecified atom stereocenters. The van der Waals surface area contributed by atoms with Gasteiger partial charge < -0.3 is 10.6 Å². The molecule has 5 nitrogen and oxygen atoms in total. The summed E-state index contributed by atoms with van der Waals surface area (Å²) in [7, 11) is 1.50. The van der Waals surface area contributed by atoms with E-state index in [2.05, 4.69) is 25.6 Å². The lowest BCUT2D eigenvalue weighted by atomic mass is 10.2. The van der Waals surface area contributed by atoms with Gasteiger partial charge in [0, 0.05) is 32.1 Å². The topological polar surface area (TPSA) is 62.7 Å². The molecule has 0 spiro atoms. The van der Waals surface area contributed by atoms with Gasteiger partial charge in [-0.15, -0.1) is 0 Å². The van der Waals surface area contributed by atoms with Gasteiger partial charge >= 0.3 is 6.18 Å². The number of rotatable bonds is 5. The minimum absolute atomic E-state index is 0.112. The predicted molar refractivity (Wildman–Crippen MR) is 73.0 cm³/mol. The van der Waals surface area contributed by atoms with Crippen LogP contribution in [0.2, 0.25) is 0 Å². The monoisotopic (exact) mass is 297 g/mol. The van der Waals surface area contributed by atoms with Crippen molar-refractivity contribution in [2.24, 2.45) is 0 Å². The first-order chi connectivity index (χ1) is 9.99. The summed E-state index contributed by atoms with van der Waals surface area (Å²) in [4.78, 5) is 10.8. The highest BCUT2D eigenvalue weighted by Crippen LogP contribution is 2.28. The number of pyridine rings is 1. The standard InChI is InChI=1S/C13H14F3N5/c1-17-10-7-11(21-12(20-10)13(14,15)16)19-6-4-9-3-2-5-18-8-9/h2-3,5,7-8H,4,6H2,1H3,(H2,17,19,20,21). The van der Waals surface area contributed by atoms with Crippen LogP contribution in [0.25, 0.3) is 0 Å². The smallest absolute Gasteiger partial charge is 0.373 e. The van der Waals surface area contributed by atoms with Crippen LogP contribution in [0.15, 0.2) is 30.6 Å². The first kappa shape index (κ1) is 15.0. The van der Waals surface area contributed by atoms with Gasteiger partial charge in [0.15, 0.2) is 0 Å². The molecule has 21 heavy (non-hydrogen) atoms. The minimum Gasteiger partial charge on any atom is -0.373 e. The molecule has 2 N–H and O–H groups in total. The van der Waals surface area contributed by atoms with Gasteiger partial charge in [-0.2, -0.15) is 13.2 Å². The lowest BCUT2D eigenvalue weighted by Gasteiger charge is -2.11. The lowest BCUT2D eigenvalue weighted by Crippen LogP contribution is -2.15. The highest BCUT2D eigenvalue weighted by molar-refractivity contribution is 5.47. The van der Waals surface area contributed by atoms with E-state index in [0.717, 1.165) is 5.56 Å². The van der Waals surface area contributed by atoms with Crippen LogP contribution >= 0.6 is 0 Å². The predicted octanol–water partition coefficient (Wildman–Crippen LogP) is 2.59. The summed E-state index contributed by atoms with van der Waals surface area (Å²) in [6.07, 6.45) is -0.571. The van der Waals surface area contributed by atoms with E-state index >= 15 is 0 Å². The normalized spacial score (nSPS) is 11.2. The first-order valence-electron chi connectivity index (χ1n) is 6.26. The molecule has 0 bridgehead atoms. The van der Waals surface area contributed by atoms with Crippen molar-refractivity contribution in [3.05, 3.63) is 42.0 Å². The van der Waals surface area contributed by atoms with Gasteiger partial charge in [0.1, 0.15) is 11.6 Å². The summed E-state index contributed by atoms with van der Waals surface area (Å²) in [6.45, 7) is 0.448. The Labute approximate surface area is 119 Å². The van der Waals surface area contributed by atoms with Gasteiger partial charge in [-0.3, -0.25) is 4.98 Å². The van der Waals surface area contributed by atoms with Gasteiger partial charge in [-0.25, -0.2) is 9.97 Å². The van der Waals surface area contributed by atoms with Gasteiger partial charge in [0.05, 0.1) is 0 Å². The van der Waals surface area contributed by atoms with Crippen LogP contribution in [-0.2, 0) is 12.6 Å². The second-order valence-electron chi connectivity index (χ2n) is 4.25. The molecule has 2 rings (SSSR count). The molecule has 0 aliphatic rings. The molecule has 8 heteroatoms. The summed E-state index contributed by atoms with van der Waals surface area (Å²) in [5.41, 5.74) is 0.990. The zero-order valence-corrected chi connectivity index (χ0v) is 11.3. The molecule has 0 aliphatic heterocycles. The third-order valence-electron chi connectivity index (χ3n) is 2.68. The largest absolute Gasteiger partial charge is 0.451 e. The Balaban J connectivity index is 2.05. The Kier molecular flexibility index (Phi) is 4.56. The molecule has 112 valence electrons. The molecule has 0 atom stereocenters. The third-order valence-corrected chi connectivity index (χ3v) is 2.68. The number of hydrogen-bond donors (Lipinski definition) is 2. The zero-order chi connectivity index (χ0) is 15.3. The fourth-order valence-corrected chi connectivity index (χ4v) is 1.67. The molecule has 0 aliphatic carbocycles. The third kappa shape index (κ3) is 4.30. The Hall–Kier alpha value is -2.38. The average molecular weight is 297 g/mol. The number of nitrogens with one attached hydrogen (secondary N) is 2. The van der Waals surface area contributed by atoms with Crippen molar-refractivity contribution in [1.29, 1.82) is 0 Å². The van der Waals surface area contributed by atoms with Crippen molar-refractivity contribution in [2.45, 2.75) is 12.6 Å². The van der Waals surface area contributed by atoms with Crippen LogP contribution in [0.5, 0.6) is 0 Å². The first-order valence-corrected chi connectivity index (χ1v) is 6.26. The van der Waals surface area contributed by atoms with Crippen LogP contribution in [0, 0.1) is 0 Å². The van der Waals surface area contributed by atoms with Crippen LogP contribution in [0.1, 0.15) is 11.4 Å². The maximum absolute atomic E-state index is 12.7. The van der Waals surface area contributed by atoms with E-state index in [1.807, 2.05) is 6.07 Å². The number of alkyl halides is 3. The van der Waals surface area contributed by atoms with Gasteiger partial charge in [-0.05, 0) is 18.1 Å². The van der Waals surface area contributed by atoms with Crippen LogP contribution in [-0.4, -0.2) is 28.5 Å². The Morgan fingerprint density at radius 1 is 1.19 bits per heavy atom. The molecule has 0 saturated carbocycles. The molecule has 0 aromatic carbocycles. The molecule has 0 saturated heterocycles. The number of nitrogens with zero attached hydrogens (tertiary/aromatic N) is 3. The number of halogens is 3. The molecule has 0 fully saturated rings. The molecule has 0 amide bonds. The van der Waals surface area contributed by atoms with Crippen LogP contribution in [0.3, 0.4) is 0 Å². The Morgan fingerprint density at radius 3 is 2.57 bits per heavy atom. The van der Waals surface area contributed by atoms with E-state index in [9.17, 15) is 13.2 Å². The zero-order valence-electron chi connectivity index (χ0n) is 11.3. The van der Waals surface area contributed by atoms with Gasteiger partial charge in [-0.1, -0.05) is 6.07 Å². The van der Waals surface area contributed by atoms with Gasteiger partial charge in [0.2, 0.25) is 5.82 Å². The molecule has 2 aromatic heterocycles. The molecular weight excluding hydrogens is 283 g/mol. The number of anilines is 2. The molecule has 2 aromatic rings. The average Bonchev–Trinajstić information content (AvgIpc) is 2.47. The Morgan fingerprint density at radius 2 is 1.95 bits per heavy atom. The van der Waals surface area contributed by atoms with E-state index in [0.29, 0.717) is 13.0 Å². The van der Waals surface area contributed by atoms with E-state index < -0.39 is 12.0 Å².